The first-order valence-corrected chi connectivity index (χ1v) is 6.31. The maximum Gasteiger partial charge on any atom is 0.119 e. The number of methoxy groups -OCH3 is 1. The number of hydrogen-bond acceptors (Lipinski definition) is 3. The Labute approximate surface area is 104 Å². The highest BCUT2D eigenvalue weighted by atomic mass is 16.5. The molecule has 3 nitrogen and oxygen atoms in total. The van der Waals surface area contributed by atoms with Gasteiger partial charge in [-0.1, -0.05) is 20.3 Å². The minimum Gasteiger partial charge on any atom is -0.497 e. The van der Waals surface area contributed by atoms with E-state index in [2.05, 4.69) is 19.2 Å². The fourth-order valence-corrected chi connectivity index (χ4v) is 1.99. The van der Waals surface area contributed by atoms with Crippen molar-refractivity contribution >= 4 is 5.69 Å². The third-order valence-electron chi connectivity index (χ3n) is 3.13. The average molecular weight is 236 g/mol. The largest absolute Gasteiger partial charge is 0.497 e. The molecule has 2 atom stereocenters. The van der Waals surface area contributed by atoms with Crippen LogP contribution in [0, 0.1) is 5.92 Å². The molecule has 0 aliphatic rings. The van der Waals surface area contributed by atoms with E-state index in [1.807, 2.05) is 24.3 Å². The highest BCUT2D eigenvalue weighted by Gasteiger charge is 2.14. The van der Waals surface area contributed by atoms with Crippen molar-refractivity contribution < 1.29 is 4.74 Å². The van der Waals surface area contributed by atoms with Crippen molar-refractivity contribution in [2.24, 2.45) is 11.7 Å². The van der Waals surface area contributed by atoms with E-state index in [1.54, 1.807) is 7.11 Å². The Morgan fingerprint density at radius 2 is 1.94 bits per heavy atom. The fraction of sp³-hybridized carbons (Fsp3) is 0.571. The van der Waals surface area contributed by atoms with Crippen LogP contribution in [0.2, 0.25) is 0 Å². The SMILES string of the molecule is CCCC(C)C(CN)Nc1ccc(OC)cc1. The molecule has 2 unspecified atom stereocenters. The van der Waals surface area contributed by atoms with Crippen LogP contribution in [0.4, 0.5) is 5.69 Å². The molecule has 0 aromatic heterocycles. The summed E-state index contributed by atoms with van der Waals surface area (Å²) >= 11 is 0. The lowest BCUT2D eigenvalue weighted by Crippen LogP contribution is -2.34. The molecule has 0 fully saturated rings. The summed E-state index contributed by atoms with van der Waals surface area (Å²) in [6.07, 6.45) is 2.40. The zero-order chi connectivity index (χ0) is 12.7. The van der Waals surface area contributed by atoms with Crippen molar-refractivity contribution in [1.82, 2.24) is 0 Å². The first kappa shape index (κ1) is 13.8. The molecule has 3 heteroatoms. The van der Waals surface area contributed by atoms with E-state index in [0.717, 1.165) is 11.4 Å². The van der Waals surface area contributed by atoms with Crippen LogP contribution < -0.4 is 15.8 Å². The summed E-state index contributed by atoms with van der Waals surface area (Å²) in [5, 5.41) is 3.48. The van der Waals surface area contributed by atoms with Gasteiger partial charge in [0.25, 0.3) is 0 Å². The Morgan fingerprint density at radius 1 is 1.29 bits per heavy atom. The van der Waals surface area contributed by atoms with Gasteiger partial charge in [-0.25, -0.2) is 0 Å². The Bertz CT molecular complexity index is 311. The smallest absolute Gasteiger partial charge is 0.119 e. The molecule has 0 aliphatic heterocycles. The van der Waals surface area contributed by atoms with Gasteiger partial charge in [0.1, 0.15) is 5.75 Å². The molecule has 1 aromatic carbocycles. The second-order valence-corrected chi connectivity index (χ2v) is 4.48. The summed E-state index contributed by atoms with van der Waals surface area (Å²) in [4.78, 5) is 0. The molecule has 0 bridgehead atoms. The summed E-state index contributed by atoms with van der Waals surface area (Å²) in [7, 11) is 1.68. The van der Waals surface area contributed by atoms with Crippen molar-refractivity contribution in [2.45, 2.75) is 32.7 Å². The predicted molar refractivity (Wildman–Crippen MR) is 73.5 cm³/mol. The minimum absolute atomic E-state index is 0.336. The average Bonchev–Trinajstić information content (AvgIpc) is 2.37. The molecule has 0 spiro atoms. The van der Waals surface area contributed by atoms with Crippen LogP contribution >= 0.6 is 0 Å². The Kier molecular flexibility index (Phi) is 5.84. The van der Waals surface area contributed by atoms with Crippen LogP contribution in [-0.4, -0.2) is 19.7 Å². The molecular weight excluding hydrogens is 212 g/mol. The van der Waals surface area contributed by atoms with Gasteiger partial charge in [0.2, 0.25) is 0 Å². The lowest BCUT2D eigenvalue weighted by Gasteiger charge is -2.24. The zero-order valence-corrected chi connectivity index (χ0v) is 11.1. The van der Waals surface area contributed by atoms with E-state index in [0.29, 0.717) is 18.5 Å². The zero-order valence-electron chi connectivity index (χ0n) is 11.1. The Balaban J connectivity index is 2.60. The molecule has 3 N–H and O–H groups in total. The molecule has 0 radical (unpaired) electrons. The fourth-order valence-electron chi connectivity index (χ4n) is 1.99. The monoisotopic (exact) mass is 236 g/mol. The van der Waals surface area contributed by atoms with Gasteiger partial charge in [-0.2, -0.15) is 0 Å². The lowest BCUT2D eigenvalue weighted by atomic mass is 9.96. The summed E-state index contributed by atoms with van der Waals surface area (Å²) in [5.41, 5.74) is 6.92. The van der Waals surface area contributed by atoms with Gasteiger partial charge in [-0.15, -0.1) is 0 Å². The second-order valence-electron chi connectivity index (χ2n) is 4.48. The second kappa shape index (κ2) is 7.17. The molecule has 0 saturated carbocycles. The van der Waals surface area contributed by atoms with Gasteiger partial charge in [0.05, 0.1) is 7.11 Å². The molecule has 0 heterocycles. The molecule has 1 rings (SSSR count). The molecule has 96 valence electrons. The van der Waals surface area contributed by atoms with Gasteiger partial charge < -0.3 is 15.8 Å². The van der Waals surface area contributed by atoms with E-state index in [9.17, 15) is 0 Å². The molecule has 0 aliphatic carbocycles. The van der Waals surface area contributed by atoms with E-state index in [-0.39, 0.29) is 0 Å². The van der Waals surface area contributed by atoms with Crippen LogP contribution in [0.15, 0.2) is 24.3 Å². The number of benzene rings is 1. The topological polar surface area (TPSA) is 47.3 Å². The number of nitrogens with two attached hydrogens (primary N) is 1. The summed E-state index contributed by atoms with van der Waals surface area (Å²) in [6, 6.07) is 8.31. The van der Waals surface area contributed by atoms with E-state index >= 15 is 0 Å². The molecule has 0 amide bonds. The Hall–Kier alpha value is -1.22. The quantitative estimate of drug-likeness (QED) is 0.765. The molecular formula is C14H24N2O. The van der Waals surface area contributed by atoms with Crippen molar-refractivity contribution in [3.8, 4) is 5.75 Å². The maximum absolute atomic E-state index is 5.82. The van der Waals surface area contributed by atoms with E-state index < -0.39 is 0 Å². The predicted octanol–water partition coefficient (Wildman–Crippen LogP) is 2.87. The number of ether oxygens (including phenoxy) is 1. The third kappa shape index (κ3) is 4.27. The van der Waals surface area contributed by atoms with Gasteiger partial charge in [-0.3, -0.25) is 0 Å². The molecule has 1 aromatic rings. The van der Waals surface area contributed by atoms with Crippen molar-refractivity contribution in [1.29, 1.82) is 0 Å². The number of nitrogens with one attached hydrogen (secondary N) is 1. The number of anilines is 1. The number of rotatable bonds is 7. The molecule has 0 saturated heterocycles. The van der Waals surface area contributed by atoms with Crippen LogP contribution in [0.1, 0.15) is 26.7 Å². The summed E-state index contributed by atoms with van der Waals surface area (Å²) < 4.78 is 5.13. The van der Waals surface area contributed by atoms with Crippen molar-refractivity contribution in [3.05, 3.63) is 24.3 Å². The lowest BCUT2D eigenvalue weighted by molar-refractivity contribution is 0.414. The van der Waals surface area contributed by atoms with Gasteiger partial charge in [-0.05, 0) is 36.6 Å². The van der Waals surface area contributed by atoms with E-state index in [4.69, 9.17) is 10.5 Å². The minimum atomic E-state index is 0.336. The van der Waals surface area contributed by atoms with Crippen molar-refractivity contribution in [3.63, 3.8) is 0 Å². The summed E-state index contributed by atoms with van der Waals surface area (Å²) in [6.45, 7) is 5.11. The van der Waals surface area contributed by atoms with Gasteiger partial charge >= 0.3 is 0 Å². The van der Waals surface area contributed by atoms with E-state index in [1.165, 1.54) is 12.8 Å². The van der Waals surface area contributed by atoms with Crippen LogP contribution in [0.3, 0.4) is 0 Å². The third-order valence-corrected chi connectivity index (χ3v) is 3.13. The van der Waals surface area contributed by atoms with Crippen LogP contribution in [0.25, 0.3) is 0 Å². The number of hydrogen-bond donors (Lipinski definition) is 2. The van der Waals surface area contributed by atoms with Gasteiger partial charge in [0.15, 0.2) is 0 Å². The first-order chi connectivity index (χ1) is 8.21. The molecule has 17 heavy (non-hydrogen) atoms. The highest BCUT2D eigenvalue weighted by molar-refractivity contribution is 5.47. The first-order valence-electron chi connectivity index (χ1n) is 6.31. The van der Waals surface area contributed by atoms with Crippen LogP contribution in [-0.2, 0) is 0 Å². The maximum atomic E-state index is 5.82. The van der Waals surface area contributed by atoms with Gasteiger partial charge in [0, 0.05) is 18.3 Å². The standard InChI is InChI=1S/C14H24N2O/c1-4-5-11(2)14(10-15)16-12-6-8-13(17-3)9-7-12/h6-9,11,14,16H,4-5,10,15H2,1-3H3. The highest BCUT2D eigenvalue weighted by Crippen LogP contribution is 2.19. The van der Waals surface area contributed by atoms with Crippen molar-refractivity contribution in [2.75, 3.05) is 19.0 Å². The van der Waals surface area contributed by atoms with Crippen LogP contribution in [0.5, 0.6) is 5.75 Å². The summed E-state index contributed by atoms with van der Waals surface area (Å²) in [5.74, 6) is 1.47. The normalized spacial score (nSPS) is 14.1. The Morgan fingerprint density at radius 3 is 2.41 bits per heavy atom.